The Bertz CT molecular complexity index is 658. The number of rotatable bonds is 0. The van der Waals surface area contributed by atoms with Gasteiger partial charge in [-0.05, 0) is 19.1 Å². The third-order valence-corrected chi connectivity index (χ3v) is 3.10. The number of nitrogens with zero attached hydrogens (tertiary/aromatic N) is 2. The highest BCUT2D eigenvalue weighted by Gasteiger charge is 2.11. The van der Waals surface area contributed by atoms with E-state index in [1.165, 1.54) is 10.9 Å². The molecule has 0 aliphatic rings. The fourth-order valence-corrected chi connectivity index (χ4v) is 2.22. The van der Waals surface area contributed by atoms with Gasteiger partial charge in [0, 0.05) is 12.4 Å². The number of nitrogens with two attached hydrogens (primary N) is 1. The van der Waals surface area contributed by atoms with Crippen LogP contribution in [-0.4, -0.2) is 8.97 Å². The van der Waals surface area contributed by atoms with Crippen LogP contribution in [0.2, 0.25) is 0 Å². The van der Waals surface area contributed by atoms with Gasteiger partial charge in [0.05, 0.1) is 11.2 Å². The van der Waals surface area contributed by atoms with Crippen LogP contribution in [0.25, 0.3) is 16.6 Å². The molecule has 2 N–H and O–H groups in total. The molecule has 0 spiro atoms. The van der Waals surface area contributed by atoms with E-state index < -0.39 is 0 Å². The molecule has 0 bridgehead atoms. The lowest BCUT2D eigenvalue weighted by atomic mass is 10.2. The maximum atomic E-state index is 5.99. The minimum Gasteiger partial charge on any atom is -0.384 e. The van der Waals surface area contributed by atoms with E-state index in [9.17, 15) is 0 Å². The van der Waals surface area contributed by atoms with Crippen LogP contribution in [0, 0.1) is 6.92 Å². The van der Waals surface area contributed by atoms with E-state index in [0.717, 1.165) is 17.2 Å². The highest BCUT2D eigenvalue weighted by Crippen LogP contribution is 2.26. The first-order chi connectivity index (χ1) is 7.20. The van der Waals surface area contributed by atoms with Crippen LogP contribution in [0.5, 0.6) is 0 Å². The molecule has 0 saturated carbocycles. The van der Waals surface area contributed by atoms with E-state index >= 15 is 0 Å². The lowest BCUT2D eigenvalue weighted by Gasteiger charge is -1.96. The largest absolute Gasteiger partial charge is 0.384 e. The summed E-state index contributed by atoms with van der Waals surface area (Å²) >= 11 is 0. The second kappa shape index (κ2) is 2.57. The van der Waals surface area contributed by atoms with Gasteiger partial charge in [0.15, 0.2) is 0 Å². The molecule has 76 valence electrons. The first-order valence-corrected chi connectivity index (χ1v) is 5.01. The van der Waals surface area contributed by atoms with Gasteiger partial charge in [-0.15, -0.1) is 0 Å². The van der Waals surface area contributed by atoms with E-state index in [4.69, 9.17) is 5.73 Å². The molecule has 3 rings (SSSR count). The van der Waals surface area contributed by atoms with Crippen molar-refractivity contribution in [2.45, 2.75) is 6.92 Å². The molecule has 3 nitrogen and oxygen atoms in total. The van der Waals surface area contributed by atoms with Crippen molar-refractivity contribution >= 4 is 22.4 Å². The van der Waals surface area contributed by atoms with Crippen molar-refractivity contribution in [1.82, 2.24) is 8.97 Å². The topological polar surface area (TPSA) is 35.4 Å². The van der Waals surface area contributed by atoms with Crippen molar-refractivity contribution in [3.05, 3.63) is 36.0 Å². The molecule has 1 aromatic carbocycles. The average molecular weight is 199 g/mol. The molecule has 0 amide bonds. The molecule has 0 radical (unpaired) electrons. The van der Waals surface area contributed by atoms with E-state index in [0.29, 0.717) is 0 Å². The maximum absolute atomic E-state index is 5.99. The van der Waals surface area contributed by atoms with Crippen molar-refractivity contribution in [3.63, 3.8) is 0 Å². The molecule has 2 heterocycles. The molecule has 3 aromatic rings. The predicted molar refractivity (Wildman–Crippen MR) is 63.0 cm³/mol. The summed E-state index contributed by atoms with van der Waals surface area (Å²) in [7, 11) is 2.00. The van der Waals surface area contributed by atoms with Crippen molar-refractivity contribution < 1.29 is 0 Å². The van der Waals surface area contributed by atoms with Gasteiger partial charge in [0.2, 0.25) is 0 Å². The Kier molecular flexibility index (Phi) is 1.44. The first-order valence-electron chi connectivity index (χ1n) is 5.01. The van der Waals surface area contributed by atoms with Gasteiger partial charge in [-0.3, -0.25) is 4.40 Å². The smallest absolute Gasteiger partial charge is 0.124 e. The number of nitrogen functional groups attached to an aromatic ring is 1. The van der Waals surface area contributed by atoms with Crippen LogP contribution >= 0.6 is 0 Å². The second-order valence-electron chi connectivity index (χ2n) is 3.93. The number of imidazole rings is 1. The molecule has 3 heteroatoms. The second-order valence-corrected chi connectivity index (χ2v) is 3.93. The number of aromatic nitrogens is 2. The van der Waals surface area contributed by atoms with E-state index in [1.807, 2.05) is 11.6 Å². The third-order valence-electron chi connectivity index (χ3n) is 3.10. The number of para-hydroxylation sites is 1. The standard InChI is InChI=1S/C12H13N3/c1-8-12(13)14(2)11-7-9-5-3-4-6-10(9)15(8)11/h3-7H,13H2,1-2H3. The van der Waals surface area contributed by atoms with Gasteiger partial charge < -0.3 is 10.3 Å². The molecule has 0 aliphatic carbocycles. The monoisotopic (exact) mass is 199 g/mol. The van der Waals surface area contributed by atoms with Crippen LogP contribution in [0.3, 0.4) is 0 Å². The fraction of sp³-hybridized carbons (Fsp3) is 0.167. The van der Waals surface area contributed by atoms with Crippen molar-refractivity contribution in [2.24, 2.45) is 7.05 Å². The summed E-state index contributed by atoms with van der Waals surface area (Å²) < 4.78 is 4.22. The van der Waals surface area contributed by atoms with Crippen molar-refractivity contribution in [1.29, 1.82) is 0 Å². The van der Waals surface area contributed by atoms with E-state index in [2.05, 4.69) is 41.7 Å². The lowest BCUT2D eigenvalue weighted by molar-refractivity contribution is 0.972. The Morgan fingerprint density at radius 2 is 1.93 bits per heavy atom. The van der Waals surface area contributed by atoms with Crippen molar-refractivity contribution in [2.75, 3.05) is 5.73 Å². The van der Waals surface area contributed by atoms with E-state index in [1.54, 1.807) is 0 Å². The summed E-state index contributed by atoms with van der Waals surface area (Å²) in [6, 6.07) is 10.5. The molecule has 0 saturated heterocycles. The molecular formula is C12H13N3. The highest BCUT2D eigenvalue weighted by atomic mass is 15.2. The number of anilines is 1. The number of aryl methyl sites for hydroxylation is 2. The summed E-state index contributed by atoms with van der Waals surface area (Å²) in [5.41, 5.74) is 9.46. The number of hydrogen-bond acceptors (Lipinski definition) is 1. The summed E-state index contributed by atoms with van der Waals surface area (Å²) in [5, 5.41) is 1.26. The van der Waals surface area contributed by atoms with Crippen LogP contribution in [0.4, 0.5) is 5.82 Å². The average Bonchev–Trinajstić information content (AvgIpc) is 2.72. The third kappa shape index (κ3) is 0.897. The zero-order valence-electron chi connectivity index (χ0n) is 8.86. The Morgan fingerprint density at radius 1 is 1.20 bits per heavy atom. The zero-order valence-corrected chi connectivity index (χ0v) is 8.86. The quantitative estimate of drug-likeness (QED) is 0.592. The Morgan fingerprint density at radius 3 is 2.73 bits per heavy atom. The van der Waals surface area contributed by atoms with Crippen LogP contribution in [0.1, 0.15) is 5.69 Å². The van der Waals surface area contributed by atoms with Gasteiger partial charge in [-0.1, -0.05) is 18.2 Å². The number of hydrogen-bond donors (Lipinski definition) is 1. The molecule has 0 atom stereocenters. The summed E-state index contributed by atoms with van der Waals surface area (Å²) in [4.78, 5) is 0. The Hall–Kier alpha value is -1.90. The van der Waals surface area contributed by atoms with Crippen LogP contribution < -0.4 is 5.73 Å². The molecule has 15 heavy (non-hydrogen) atoms. The highest BCUT2D eigenvalue weighted by molar-refractivity contribution is 5.87. The van der Waals surface area contributed by atoms with E-state index in [-0.39, 0.29) is 0 Å². The summed E-state index contributed by atoms with van der Waals surface area (Å²) in [6.07, 6.45) is 0. The maximum Gasteiger partial charge on any atom is 0.124 e. The molecular weight excluding hydrogens is 186 g/mol. The van der Waals surface area contributed by atoms with Gasteiger partial charge >= 0.3 is 0 Å². The van der Waals surface area contributed by atoms with Gasteiger partial charge in [0.1, 0.15) is 11.5 Å². The summed E-state index contributed by atoms with van der Waals surface area (Å²) in [5.74, 6) is 0.829. The minimum atomic E-state index is 0.829. The fourth-order valence-electron chi connectivity index (χ4n) is 2.22. The van der Waals surface area contributed by atoms with Crippen LogP contribution in [-0.2, 0) is 7.05 Å². The van der Waals surface area contributed by atoms with Gasteiger partial charge in [0.25, 0.3) is 0 Å². The number of benzene rings is 1. The van der Waals surface area contributed by atoms with Crippen molar-refractivity contribution in [3.8, 4) is 0 Å². The lowest BCUT2D eigenvalue weighted by Crippen LogP contribution is -1.96. The summed E-state index contributed by atoms with van der Waals surface area (Å²) in [6.45, 7) is 2.05. The van der Waals surface area contributed by atoms with Gasteiger partial charge in [-0.2, -0.15) is 0 Å². The predicted octanol–water partition coefficient (Wildman–Crippen LogP) is 2.32. The first kappa shape index (κ1) is 8.41. The Labute approximate surface area is 87.7 Å². The molecule has 2 aromatic heterocycles. The normalized spacial score (nSPS) is 11.6. The van der Waals surface area contributed by atoms with Gasteiger partial charge in [-0.25, -0.2) is 0 Å². The number of fused-ring (bicyclic) bond motifs is 3. The molecule has 0 unspecified atom stereocenters. The molecule has 0 fully saturated rings. The SMILES string of the molecule is Cc1c(N)n(C)c2cc3ccccc3n12. The Balaban J connectivity index is 2.65. The van der Waals surface area contributed by atoms with Crippen LogP contribution in [0.15, 0.2) is 30.3 Å². The minimum absolute atomic E-state index is 0.829. The molecule has 0 aliphatic heterocycles. The zero-order chi connectivity index (χ0) is 10.6.